The van der Waals surface area contributed by atoms with Crippen LogP contribution in [0.1, 0.15) is 110 Å². The Morgan fingerprint density at radius 1 is 0.792 bits per heavy atom. The van der Waals surface area contributed by atoms with E-state index < -0.39 is 0 Å². The van der Waals surface area contributed by atoms with Gasteiger partial charge in [-0.2, -0.15) is 0 Å². The Labute approximate surface area is 151 Å². The summed E-state index contributed by atoms with van der Waals surface area (Å²) >= 11 is 0. The molecule has 0 saturated carbocycles. The van der Waals surface area contributed by atoms with Gasteiger partial charge in [0.25, 0.3) is 0 Å². The lowest BCUT2D eigenvalue weighted by atomic mass is 10.0. The third kappa shape index (κ3) is 13.9. The Hall–Kier alpha value is -0.520. The van der Waals surface area contributed by atoms with Gasteiger partial charge in [0.1, 0.15) is 6.61 Å². The van der Waals surface area contributed by atoms with Gasteiger partial charge in [0, 0.05) is 13.0 Å². The minimum absolute atomic E-state index is 0.000283. The molecule has 1 heterocycles. The minimum Gasteiger partial charge on any atom is -0.353 e. The molecule has 1 unspecified atom stereocenters. The van der Waals surface area contributed by atoms with Gasteiger partial charge in [0.15, 0.2) is 6.29 Å². The fraction of sp³-hybridized carbons (Fsp3) is 0.909. The van der Waals surface area contributed by atoms with Crippen LogP contribution in [0, 0.1) is 11.8 Å². The van der Waals surface area contributed by atoms with E-state index in [-0.39, 0.29) is 6.29 Å². The molecule has 140 valence electrons. The summed E-state index contributed by atoms with van der Waals surface area (Å²) in [7, 11) is 0. The summed E-state index contributed by atoms with van der Waals surface area (Å²) in [5, 5.41) is 0. The molecular formula is C22H40O2. The fourth-order valence-corrected chi connectivity index (χ4v) is 3.17. The van der Waals surface area contributed by atoms with E-state index in [9.17, 15) is 0 Å². The van der Waals surface area contributed by atoms with Crippen molar-refractivity contribution in [2.24, 2.45) is 0 Å². The molecule has 0 aromatic heterocycles. The number of ether oxygens (including phenoxy) is 2. The molecule has 1 saturated heterocycles. The zero-order valence-electron chi connectivity index (χ0n) is 16.1. The van der Waals surface area contributed by atoms with Crippen LogP contribution < -0.4 is 0 Å². The van der Waals surface area contributed by atoms with E-state index in [2.05, 4.69) is 18.8 Å². The average molecular weight is 337 g/mol. The maximum Gasteiger partial charge on any atom is 0.158 e. The van der Waals surface area contributed by atoms with Crippen molar-refractivity contribution in [2.75, 3.05) is 13.2 Å². The highest BCUT2D eigenvalue weighted by molar-refractivity contribution is 4.98. The van der Waals surface area contributed by atoms with E-state index in [1.165, 1.54) is 89.9 Å². The molecule has 24 heavy (non-hydrogen) atoms. The van der Waals surface area contributed by atoms with Gasteiger partial charge in [-0.1, -0.05) is 83.5 Å². The highest BCUT2D eigenvalue weighted by Crippen LogP contribution is 2.13. The first-order valence-electron chi connectivity index (χ1n) is 10.6. The summed E-state index contributed by atoms with van der Waals surface area (Å²) in [5.74, 6) is 6.35. The first kappa shape index (κ1) is 21.5. The molecule has 0 bridgehead atoms. The lowest BCUT2D eigenvalue weighted by Gasteiger charge is -2.21. The van der Waals surface area contributed by atoms with Crippen molar-refractivity contribution in [1.29, 1.82) is 0 Å². The van der Waals surface area contributed by atoms with Crippen LogP contribution in [-0.4, -0.2) is 19.5 Å². The number of hydrogen-bond donors (Lipinski definition) is 0. The van der Waals surface area contributed by atoms with Crippen LogP contribution in [0.4, 0.5) is 0 Å². The molecule has 0 radical (unpaired) electrons. The van der Waals surface area contributed by atoms with Crippen LogP contribution in [0.15, 0.2) is 0 Å². The molecule has 0 aromatic rings. The lowest BCUT2D eigenvalue weighted by Crippen LogP contribution is -2.22. The smallest absolute Gasteiger partial charge is 0.158 e. The first-order valence-corrected chi connectivity index (χ1v) is 10.6. The second-order valence-corrected chi connectivity index (χ2v) is 7.10. The Morgan fingerprint density at radius 2 is 1.42 bits per heavy atom. The molecular weight excluding hydrogens is 296 g/mol. The van der Waals surface area contributed by atoms with Crippen molar-refractivity contribution in [1.82, 2.24) is 0 Å². The first-order chi connectivity index (χ1) is 11.9. The van der Waals surface area contributed by atoms with E-state index in [0.29, 0.717) is 6.61 Å². The van der Waals surface area contributed by atoms with Crippen molar-refractivity contribution >= 4 is 0 Å². The standard InChI is InChI=1S/C22H40O2/c1-2-3-4-5-6-7-8-9-10-11-12-13-14-15-17-20-23-22-19-16-18-21-24-22/h22H,2-14,16,18-21H2,1H3. The maximum atomic E-state index is 5.60. The predicted molar refractivity (Wildman–Crippen MR) is 103 cm³/mol. The average Bonchev–Trinajstić information content (AvgIpc) is 2.62. The quantitative estimate of drug-likeness (QED) is 0.262. The van der Waals surface area contributed by atoms with Gasteiger partial charge in [-0.3, -0.25) is 0 Å². The van der Waals surface area contributed by atoms with Crippen LogP contribution in [-0.2, 0) is 9.47 Å². The van der Waals surface area contributed by atoms with Gasteiger partial charge in [-0.05, 0) is 25.7 Å². The Morgan fingerprint density at radius 3 is 2.00 bits per heavy atom. The van der Waals surface area contributed by atoms with Gasteiger partial charge in [0.2, 0.25) is 0 Å². The van der Waals surface area contributed by atoms with Crippen molar-refractivity contribution < 1.29 is 9.47 Å². The summed E-state index contributed by atoms with van der Waals surface area (Å²) in [4.78, 5) is 0. The Kier molecular flexibility index (Phi) is 15.5. The molecule has 2 heteroatoms. The fourth-order valence-electron chi connectivity index (χ4n) is 3.17. The number of unbranched alkanes of at least 4 members (excludes halogenated alkanes) is 12. The summed E-state index contributed by atoms with van der Waals surface area (Å²) in [6.45, 7) is 3.66. The van der Waals surface area contributed by atoms with Gasteiger partial charge < -0.3 is 9.47 Å². The summed E-state index contributed by atoms with van der Waals surface area (Å²) < 4.78 is 11.1. The Balaban J connectivity index is 1.73. The highest BCUT2D eigenvalue weighted by Gasteiger charge is 2.12. The molecule has 1 atom stereocenters. The van der Waals surface area contributed by atoms with Crippen LogP contribution in [0.25, 0.3) is 0 Å². The zero-order chi connectivity index (χ0) is 17.1. The monoisotopic (exact) mass is 336 g/mol. The van der Waals surface area contributed by atoms with Crippen LogP contribution in [0.5, 0.6) is 0 Å². The SMILES string of the molecule is CCCCCCCCCCCCCCC#CCOC1CCCCO1. The van der Waals surface area contributed by atoms with Gasteiger partial charge in [-0.25, -0.2) is 0 Å². The van der Waals surface area contributed by atoms with Gasteiger partial charge in [-0.15, -0.1) is 5.92 Å². The van der Waals surface area contributed by atoms with Crippen LogP contribution >= 0.6 is 0 Å². The molecule has 1 rings (SSSR count). The summed E-state index contributed by atoms with van der Waals surface area (Å²) in [5.41, 5.74) is 0. The van der Waals surface area contributed by atoms with E-state index in [4.69, 9.17) is 9.47 Å². The van der Waals surface area contributed by atoms with Crippen molar-refractivity contribution in [3.8, 4) is 11.8 Å². The second kappa shape index (κ2) is 17.3. The minimum atomic E-state index is -0.000283. The van der Waals surface area contributed by atoms with Crippen molar-refractivity contribution in [3.05, 3.63) is 0 Å². The van der Waals surface area contributed by atoms with Gasteiger partial charge in [0.05, 0.1) is 0 Å². The summed E-state index contributed by atoms with van der Waals surface area (Å²) in [6.07, 6.45) is 21.2. The molecule has 2 nitrogen and oxygen atoms in total. The molecule has 1 aliphatic rings. The molecule has 0 amide bonds. The van der Waals surface area contributed by atoms with Crippen molar-refractivity contribution in [3.63, 3.8) is 0 Å². The molecule has 1 fully saturated rings. The van der Waals surface area contributed by atoms with Crippen LogP contribution in [0.3, 0.4) is 0 Å². The topological polar surface area (TPSA) is 18.5 Å². The molecule has 1 aliphatic heterocycles. The normalized spacial score (nSPS) is 17.5. The highest BCUT2D eigenvalue weighted by atomic mass is 16.7. The van der Waals surface area contributed by atoms with E-state index in [1.807, 2.05) is 0 Å². The second-order valence-electron chi connectivity index (χ2n) is 7.10. The predicted octanol–water partition coefficient (Wildman–Crippen LogP) is 6.62. The third-order valence-electron chi connectivity index (χ3n) is 4.76. The third-order valence-corrected chi connectivity index (χ3v) is 4.76. The lowest BCUT2D eigenvalue weighted by molar-refractivity contribution is -0.154. The number of hydrogen-bond acceptors (Lipinski definition) is 2. The van der Waals surface area contributed by atoms with Crippen molar-refractivity contribution in [2.45, 2.75) is 116 Å². The zero-order valence-corrected chi connectivity index (χ0v) is 16.1. The molecule has 0 aromatic carbocycles. The van der Waals surface area contributed by atoms with Gasteiger partial charge >= 0.3 is 0 Å². The molecule has 0 spiro atoms. The Bertz CT molecular complexity index is 310. The van der Waals surface area contributed by atoms with E-state index >= 15 is 0 Å². The summed E-state index contributed by atoms with van der Waals surface area (Å²) in [6, 6.07) is 0. The van der Waals surface area contributed by atoms with E-state index in [1.54, 1.807) is 0 Å². The molecule has 0 N–H and O–H groups in total. The maximum absolute atomic E-state index is 5.60. The van der Waals surface area contributed by atoms with E-state index in [0.717, 1.165) is 19.4 Å². The largest absolute Gasteiger partial charge is 0.353 e. The van der Waals surface area contributed by atoms with Crippen LogP contribution in [0.2, 0.25) is 0 Å². The number of rotatable bonds is 14. The molecule has 0 aliphatic carbocycles.